The van der Waals surface area contributed by atoms with Crippen LogP contribution in [0, 0.1) is 0 Å². The Bertz CT molecular complexity index is 536. The van der Waals surface area contributed by atoms with E-state index in [-0.39, 0.29) is 5.91 Å². The minimum absolute atomic E-state index is 0.0378. The first-order chi connectivity index (χ1) is 11.7. The van der Waals surface area contributed by atoms with Gasteiger partial charge in [0.1, 0.15) is 12.4 Å². The molecule has 0 fully saturated rings. The number of likely N-dealkylation sites (N-methyl/N-ethyl adjacent to an activating group) is 1. The lowest BCUT2D eigenvalue weighted by molar-refractivity contribution is 0.0956. The van der Waals surface area contributed by atoms with Crippen LogP contribution in [0.25, 0.3) is 0 Å². The molecular weight excluding hydrogens is 302 g/mol. The van der Waals surface area contributed by atoms with Crippen molar-refractivity contribution in [2.75, 3.05) is 45.9 Å². The van der Waals surface area contributed by atoms with Gasteiger partial charge in [-0.15, -0.1) is 0 Å². The molecule has 24 heavy (non-hydrogen) atoms. The molecule has 1 aliphatic rings. The van der Waals surface area contributed by atoms with Crippen molar-refractivity contribution in [3.05, 3.63) is 41.5 Å². The fourth-order valence-corrected chi connectivity index (χ4v) is 2.66. The first-order valence-corrected chi connectivity index (χ1v) is 8.85. The normalized spacial score (nSPS) is 14.4. The molecule has 0 aliphatic carbocycles. The Kier molecular flexibility index (Phi) is 7.79. The lowest BCUT2D eigenvalue weighted by Crippen LogP contribution is -2.29. The fourth-order valence-electron chi connectivity index (χ4n) is 2.66. The second-order valence-corrected chi connectivity index (χ2v) is 5.90. The molecule has 0 spiro atoms. The molecule has 1 aromatic carbocycles. The van der Waals surface area contributed by atoms with Crippen molar-refractivity contribution in [1.82, 2.24) is 15.5 Å². The van der Waals surface area contributed by atoms with Crippen LogP contribution in [0.5, 0.6) is 5.75 Å². The van der Waals surface area contributed by atoms with Crippen LogP contribution in [0.4, 0.5) is 0 Å². The van der Waals surface area contributed by atoms with E-state index in [1.165, 1.54) is 5.57 Å². The molecule has 5 nitrogen and oxygen atoms in total. The maximum absolute atomic E-state index is 12.2. The molecule has 0 atom stereocenters. The van der Waals surface area contributed by atoms with E-state index in [1.54, 1.807) is 0 Å². The Morgan fingerprint density at radius 3 is 2.62 bits per heavy atom. The molecule has 1 amide bonds. The van der Waals surface area contributed by atoms with E-state index < -0.39 is 0 Å². The molecule has 0 radical (unpaired) electrons. The molecule has 132 valence electrons. The molecule has 0 bridgehead atoms. The van der Waals surface area contributed by atoms with Gasteiger partial charge in [0.15, 0.2) is 0 Å². The van der Waals surface area contributed by atoms with E-state index in [0.717, 1.165) is 44.9 Å². The summed E-state index contributed by atoms with van der Waals surface area (Å²) >= 11 is 0. The topological polar surface area (TPSA) is 53.6 Å². The number of hydrogen-bond acceptors (Lipinski definition) is 4. The largest absolute Gasteiger partial charge is 0.492 e. The monoisotopic (exact) mass is 331 g/mol. The second-order valence-electron chi connectivity index (χ2n) is 5.90. The highest BCUT2D eigenvalue weighted by Crippen LogP contribution is 2.12. The van der Waals surface area contributed by atoms with Gasteiger partial charge in [-0.1, -0.05) is 25.5 Å². The summed E-state index contributed by atoms with van der Waals surface area (Å²) in [5.74, 6) is 0.767. The maximum Gasteiger partial charge on any atom is 0.251 e. The molecule has 2 N–H and O–H groups in total. The highest BCUT2D eigenvalue weighted by Gasteiger charge is 2.08. The zero-order valence-electron chi connectivity index (χ0n) is 14.8. The summed E-state index contributed by atoms with van der Waals surface area (Å²) in [5, 5.41) is 6.24. The Morgan fingerprint density at radius 1 is 1.25 bits per heavy atom. The third-order valence-corrected chi connectivity index (χ3v) is 4.32. The summed E-state index contributed by atoms with van der Waals surface area (Å²) < 4.78 is 5.74. The van der Waals surface area contributed by atoms with Crippen molar-refractivity contribution >= 4 is 5.91 Å². The quantitative estimate of drug-likeness (QED) is 0.680. The van der Waals surface area contributed by atoms with Gasteiger partial charge in [0.2, 0.25) is 0 Å². The van der Waals surface area contributed by atoms with Crippen LogP contribution in [-0.2, 0) is 0 Å². The molecule has 5 heteroatoms. The van der Waals surface area contributed by atoms with E-state index in [1.807, 2.05) is 24.3 Å². The predicted molar refractivity (Wildman–Crippen MR) is 97.6 cm³/mol. The number of nitrogens with zero attached hydrogens (tertiary/aromatic N) is 1. The summed E-state index contributed by atoms with van der Waals surface area (Å²) in [6, 6.07) is 7.36. The first kappa shape index (κ1) is 18.5. The number of ether oxygens (including phenoxy) is 1. The maximum atomic E-state index is 12.2. The van der Waals surface area contributed by atoms with Gasteiger partial charge in [-0.25, -0.2) is 0 Å². The van der Waals surface area contributed by atoms with Crippen LogP contribution in [0.15, 0.2) is 35.9 Å². The molecule has 0 saturated carbocycles. The molecule has 2 rings (SSSR count). The zero-order valence-corrected chi connectivity index (χ0v) is 14.8. The average molecular weight is 331 g/mol. The molecule has 0 saturated heterocycles. The highest BCUT2D eigenvalue weighted by atomic mass is 16.5. The predicted octanol–water partition coefficient (Wildman–Crippen LogP) is 2.06. The van der Waals surface area contributed by atoms with Crippen molar-refractivity contribution < 1.29 is 9.53 Å². The van der Waals surface area contributed by atoms with Crippen LogP contribution >= 0.6 is 0 Å². The van der Waals surface area contributed by atoms with E-state index in [4.69, 9.17) is 4.74 Å². The van der Waals surface area contributed by atoms with E-state index in [9.17, 15) is 4.79 Å². The van der Waals surface area contributed by atoms with Gasteiger partial charge < -0.3 is 20.3 Å². The lowest BCUT2D eigenvalue weighted by Gasteiger charge is -2.18. The van der Waals surface area contributed by atoms with E-state index in [2.05, 4.69) is 35.5 Å². The van der Waals surface area contributed by atoms with Crippen molar-refractivity contribution in [3.63, 3.8) is 0 Å². The molecular formula is C19H29N3O2. The Hall–Kier alpha value is -1.85. The van der Waals surface area contributed by atoms with Gasteiger partial charge in [-0.05, 0) is 50.3 Å². The van der Waals surface area contributed by atoms with Gasteiger partial charge in [-0.2, -0.15) is 0 Å². The van der Waals surface area contributed by atoms with Crippen LogP contribution in [0.3, 0.4) is 0 Å². The number of rotatable bonds is 9. The number of nitrogens with one attached hydrogen (secondary N) is 2. The minimum Gasteiger partial charge on any atom is -0.492 e. The highest BCUT2D eigenvalue weighted by molar-refractivity contribution is 5.94. The van der Waals surface area contributed by atoms with E-state index in [0.29, 0.717) is 18.7 Å². The summed E-state index contributed by atoms with van der Waals surface area (Å²) in [4.78, 5) is 14.5. The third kappa shape index (κ3) is 5.98. The summed E-state index contributed by atoms with van der Waals surface area (Å²) in [5.41, 5.74) is 1.96. The molecule has 0 unspecified atom stereocenters. The summed E-state index contributed by atoms with van der Waals surface area (Å²) in [6.07, 6.45) is 3.15. The second kappa shape index (κ2) is 10.1. The van der Waals surface area contributed by atoms with Crippen LogP contribution in [0.1, 0.15) is 30.6 Å². The number of carbonyl (C=O) groups is 1. The molecule has 0 aromatic heterocycles. The van der Waals surface area contributed by atoms with Gasteiger partial charge in [0.05, 0.1) is 0 Å². The average Bonchev–Trinajstić information content (AvgIpc) is 2.64. The van der Waals surface area contributed by atoms with Gasteiger partial charge in [-0.3, -0.25) is 4.79 Å². The Balaban J connectivity index is 1.76. The Labute approximate surface area is 145 Å². The van der Waals surface area contributed by atoms with Crippen molar-refractivity contribution in [3.8, 4) is 5.75 Å². The van der Waals surface area contributed by atoms with Crippen LogP contribution in [0.2, 0.25) is 0 Å². The van der Waals surface area contributed by atoms with Gasteiger partial charge >= 0.3 is 0 Å². The molecule has 1 heterocycles. The van der Waals surface area contributed by atoms with Gasteiger partial charge in [0, 0.05) is 25.2 Å². The molecule has 1 aliphatic heterocycles. The van der Waals surface area contributed by atoms with Crippen LogP contribution < -0.4 is 15.4 Å². The minimum atomic E-state index is -0.0378. The summed E-state index contributed by atoms with van der Waals surface area (Å²) in [6.45, 7) is 10.5. The number of carbonyl (C=O) groups excluding carboxylic acids is 1. The van der Waals surface area contributed by atoms with E-state index >= 15 is 0 Å². The lowest BCUT2D eigenvalue weighted by atomic mass is 10.1. The number of benzene rings is 1. The Morgan fingerprint density at radius 2 is 2.00 bits per heavy atom. The zero-order chi connectivity index (χ0) is 17.2. The van der Waals surface area contributed by atoms with Crippen molar-refractivity contribution in [2.24, 2.45) is 0 Å². The SMILES string of the molecule is CCN(CC)CCOc1ccc(C(=O)NCC2=CCNCC2)cc1. The molecule has 1 aromatic rings. The van der Waals surface area contributed by atoms with Gasteiger partial charge in [0.25, 0.3) is 5.91 Å². The standard InChI is InChI=1S/C19H29N3O2/c1-3-22(4-2)13-14-24-18-7-5-17(6-8-18)19(23)21-15-16-9-11-20-12-10-16/h5-9,20H,3-4,10-15H2,1-2H3,(H,21,23). The van der Waals surface area contributed by atoms with Crippen molar-refractivity contribution in [1.29, 1.82) is 0 Å². The third-order valence-electron chi connectivity index (χ3n) is 4.32. The fraction of sp³-hybridized carbons (Fsp3) is 0.526. The smallest absolute Gasteiger partial charge is 0.251 e. The number of amides is 1. The summed E-state index contributed by atoms with van der Waals surface area (Å²) in [7, 11) is 0. The first-order valence-electron chi connectivity index (χ1n) is 8.85. The van der Waals surface area contributed by atoms with Crippen molar-refractivity contribution in [2.45, 2.75) is 20.3 Å². The number of hydrogen-bond donors (Lipinski definition) is 2. The van der Waals surface area contributed by atoms with Crippen LogP contribution in [-0.4, -0.2) is 56.7 Å².